The zero-order chi connectivity index (χ0) is 30.4. The van der Waals surface area contributed by atoms with Gasteiger partial charge in [-0.1, -0.05) is 45.8 Å². The van der Waals surface area contributed by atoms with E-state index in [-0.39, 0.29) is 10.6 Å². The smallest absolute Gasteiger partial charge is 0.223 e. The number of benzene rings is 2. The van der Waals surface area contributed by atoms with Crippen LogP contribution in [-0.2, 0) is 11.0 Å². The van der Waals surface area contributed by atoms with E-state index in [2.05, 4.69) is 47.8 Å². The van der Waals surface area contributed by atoms with E-state index >= 15 is 0 Å². The molecule has 0 saturated heterocycles. The molecule has 0 atom stereocenters. The lowest BCUT2D eigenvalue weighted by Crippen LogP contribution is -2.02. The first-order valence-electron chi connectivity index (χ1n) is 11.5. The molecule has 0 bridgehead atoms. The predicted octanol–water partition coefficient (Wildman–Crippen LogP) is 7.42. The van der Waals surface area contributed by atoms with Gasteiger partial charge in [-0.3, -0.25) is 0 Å². The highest BCUT2D eigenvalue weighted by Gasteiger charge is 2.06. The number of nitrogens with zero attached hydrogens (tertiary/aromatic N) is 4. The maximum atomic E-state index is 5.99. The Bertz CT molecular complexity index is 1380. The summed E-state index contributed by atoms with van der Waals surface area (Å²) in [5.41, 5.74) is 8.69. The van der Waals surface area contributed by atoms with Crippen molar-refractivity contribution < 1.29 is 18.9 Å². The van der Waals surface area contributed by atoms with Crippen molar-refractivity contribution in [1.82, 2.24) is 19.9 Å². The monoisotopic (exact) mass is 754 g/mol. The molecular weight excluding hydrogens is 729 g/mol. The van der Waals surface area contributed by atoms with Gasteiger partial charge in [-0.25, -0.2) is 19.9 Å². The standard InChI is InChI=1S/C13H13Cl2N3O2.C8H11NO2.C5H3Cl2IN2/c1-19-10-3-9(4-11(5-10)20-2)16-6-8-7-17-13(15)18-12(8)14;1-10-7-3-6(9)4-8(5-7)11-2;6-4-3(1-8)2-9-5(7)10-4/h3-5,7,16H,6H2,1-2H3;3-5H,9H2,1-2H3;2H,1H2. The first-order chi connectivity index (χ1) is 19.6. The van der Waals surface area contributed by atoms with Gasteiger partial charge in [-0.05, 0) is 23.2 Å². The number of hydrogen-bond acceptors (Lipinski definition) is 10. The minimum Gasteiger partial charge on any atom is -0.497 e. The van der Waals surface area contributed by atoms with E-state index in [1.807, 2.05) is 12.1 Å². The number of methoxy groups -OCH3 is 4. The molecule has 0 aliphatic rings. The van der Waals surface area contributed by atoms with Gasteiger partial charge in [-0.15, -0.1) is 0 Å². The van der Waals surface area contributed by atoms with Crippen LogP contribution in [0.2, 0.25) is 20.9 Å². The van der Waals surface area contributed by atoms with Crippen molar-refractivity contribution in [3.63, 3.8) is 0 Å². The van der Waals surface area contributed by atoms with Gasteiger partial charge in [0.15, 0.2) is 0 Å². The highest BCUT2D eigenvalue weighted by atomic mass is 127. The quantitative estimate of drug-likeness (QED) is 0.0617. The van der Waals surface area contributed by atoms with Crippen LogP contribution in [0, 0.1) is 0 Å². The largest absolute Gasteiger partial charge is 0.497 e. The average Bonchev–Trinajstić information content (AvgIpc) is 2.96. The minimum absolute atomic E-state index is 0.127. The Hall–Kier alpha value is -2.71. The zero-order valence-electron chi connectivity index (χ0n) is 22.4. The van der Waals surface area contributed by atoms with Gasteiger partial charge in [0.25, 0.3) is 0 Å². The first kappa shape index (κ1) is 34.5. The number of nitrogen functional groups attached to an aromatic ring is 1. The van der Waals surface area contributed by atoms with Crippen LogP contribution in [0.5, 0.6) is 23.0 Å². The number of nitrogens with one attached hydrogen (secondary N) is 1. The molecule has 0 amide bonds. The summed E-state index contributed by atoms with van der Waals surface area (Å²) in [5, 5.41) is 4.29. The number of alkyl halides is 1. The van der Waals surface area contributed by atoms with E-state index in [9.17, 15) is 0 Å². The Balaban J connectivity index is 0.000000236. The van der Waals surface area contributed by atoms with Crippen LogP contribution < -0.4 is 30.0 Å². The molecule has 0 aliphatic carbocycles. The average molecular weight is 756 g/mol. The number of ether oxygens (including phenoxy) is 4. The molecule has 220 valence electrons. The normalized spacial score (nSPS) is 9.88. The van der Waals surface area contributed by atoms with Crippen molar-refractivity contribution in [3.8, 4) is 23.0 Å². The van der Waals surface area contributed by atoms with Crippen molar-refractivity contribution in [2.45, 2.75) is 11.0 Å². The predicted molar refractivity (Wildman–Crippen MR) is 173 cm³/mol. The fraction of sp³-hybridized carbons (Fsp3) is 0.231. The van der Waals surface area contributed by atoms with Crippen LogP contribution in [-0.4, -0.2) is 48.4 Å². The molecule has 0 saturated carbocycles. The van der Waals surface area contributed by atoms with Crippen molar-refractivity contribution in [2.75, 3.05) is 39.5 Å². The van der Waals surface area contributed by atoms with E-state index in [0.717, 1.165) is 21.2 Å². The molecule has 41 heavy (non-hydrogen) atoms. The number of aromatic nitrogens is 4. The third-order valence-corrected chi connectivity index (χ3v) is 6.76. The summed E-state index contributed by atoms with van der Waals surface area (Å²) in [6.07, 6.45) is 3.21. The number of rotatable bonds is 8. The van der Waals surface area contributed by atoms with E-state index < -0.39 is 0 Å². The summed E-state index contributed by atoms with van der Waals surface area (Å²) < 4.78 is 21.2. The van der Waals surface area contributed by atoms with Gasteiger partial charge in [0.05, 0.1) is 28.4 Å². The van der Waals surface area contributed by atoms with Crippen molar-refractivity contribution in [1.29, 1.82) is 0 Å². The molecule has 0 fully saturated rings. The second kappa shape index (κ2) is 18.0. The minimum atomic E-state index is 0.127. The van der Waals surface area contributed by atoms with E-state index in [4.69, 9.17) is 71.1 Å². The van der Waals surface area contributed by atoms with Gasteiger partial charge in [0.1, 0.15) is 33.3 Å². The molecule has 0 spiro atoms. The number of hydrogen-bond donors (Lipinski definition) is 2. The summed E-state index contributed by atoms with van der Waals surface area (Å²) in [6.45, 7) is 0.465. The molecule has 2 aromatic heterocycles. The molecule has 3 N–H and O–H groups in total. The maximum absolute atomic E-state index is 5.99. The highest BCUT2D eigenvalue weighted by Crippen LogP contribution is 2.27. The van der Waals surface area contributed by atoms with E-state index in [0.29, 0.717) is 45.5 Å². The number of nitrogens with two attached hydrogens (primary N) is 1. The third-order valence-electron chi connectivity index (χ3n) is 4.92. The molecule has 0 radical (unpaired) electrons. The summed E-state index contributed by atoms with van der Waals surface area (Å²) in [5.74, 6) is 2.82. The Morgan fingerprint density at radius 2 is 1.10 bits per heavy atom. The van der Waals surface area contributed by atoms with Gasteiger partial charge < -0.3 is 30.0 Å². The molecule has 15 heteroatoms. The lowest BCUT2D eigenvalue weighted by Gasteiger charge is -2.11. The van der Waals surface area contributed by atoms with Crippen LogP contribution in [0.25, 0.3) is 0 Å². The molecule has 10 nitrogen and oxygen atoms in total. The van der Waals surface area contributed by atoms with Crippen molar-refractivity contribution in [2.24, 2.45) is 0 Å². The Morgan fingerprint density at radius 1 is 0.683 bits per heavy atom. The Kier molecular flexibility index (Phi) is 15.1. The van der Waals surface area contributed by atoms with E-state index in [1.54, 1.807) is 65.1 Å². The summed E-state index contributed by atoms with van der Waals surface area (Å²) in [7, 11) is 6.38. The van der Waals surface area contributed by atoms with Gasteiger partial charge in [-0.2, -0.15) is 0 Å². The summed E-state index contributed by atoms with van der Waals surface area (Å²) in [6, 6.07) is 10.8. The number of anilines is 2. The molecule has 4 aromatic rings. The maximum Gasteiger partial charge on any atom is 0.223 e. The Labute approximate surface area is 272 Å². The summed E-state index contributed by atoms with van der Waals surface area (Å²) >= 11 is 25.0. The van der Waals surface area contributed by atoms with Gasteiger partial charge >= 0.3 is 0 Å². The SMILES string of the molecule is COc1cc(N)cc(OC)c1.COc1cc(NCc2cnc(Cl)nc2Cl)cc(OC)c1.Clc1ncc(CI)c(Cl)n1. The summed E-state index contributed by atoms with van der Waals surface area (Å²) in [4.78, 5) is 15.3. The molecule has 0 aliphatic heterocycles. The van der Waals surface area contributed by atoms with Crippen LogP contribution in [0.1, 0.15) is 11.1 Å². The number of halogens is 5. The molecular formula is C26H27Cl4IN6O4. The Morgan fingerprint density at radius 3 is 1.49 bits per heavy atom. The molecule has 4 rings (SSSR count). The van der Waals surface area contributed by atoms with Gasteiger partial charge in [0.2, 0.25) is 10.6 Å². The van der Waals surface area contributed by atoms with Crippen molar-refractivity contribution in [3.05, 3.63) is 80.8 Å². The topological polar surface area (TPSA) is 127 Å². The fourth-order valence-electron chi connectivity index (χ4n) is 2.88. The lowest BCUT2D eigenvalue weighted by atomic mass is 10.2. The highest BCUT2D eigenvalue weighted by molar-refractivity contribution is 14.1. The first-order valence-corrected chi connectivity index (χ1v) is 14.5. The zero-order valence-corrected chi connectivity index (χ0v) is 27.6. The second-order valence-electron chi connectivity index (χ2n) is 7.64. The molecule has 0 unspecified atom stereocenters. The fourth-order valence-corrected chi connectivity index (χ4v) is 4.40. The van der Waals surface area contributed by atoms with Gasteiger partial charge in [0, 0.05) is 82.3 Å². The lowest BCUT2D eigenvalue weighted by molar-refractivity contribution is 0.394. The van der Waals surface area contributed by atoms with Crippen LogP contribution in [0.15, 0.2) is 48.8 Å². The molecule has 2 aromatic carbocycles. The second-order valence-corrected chi connectivity index (χ2v) is 9.80. The van der Waals surface area contributed by atoms with E-state index in [1.165, 1.54) is 0 Å². The van der Waals surface area contributed by atoms with Crippen LogP contribution >= 0.6 is 69.0 Å². The molecule has 2 heterocycles. The third kappa shape index (κ3) is 12.0. The van der Waals surface area contributed by atoms with Crippen molar-refractivity contribution >= 4 is 80.4 Å². The van der Waals surface area contributed by atoms with Crippen LogP contribution in [0.3, 0.4) is 0 Å². The van der Waals surface area contributed by atoms with Crippen LogP contribution in [0.4, 0.5) is 11.4 Å².